The maximum absolute atomic E-state index is 2.44. The number of benzene rings is 1. The van der Waals surface area contributed by atoms with E-state index in [-0.39, 0.29) is 0 Å². The van der Waals surface area contributed by atoms with Crippen molar-refractivity contribution in [2.45, 2.75) is 25.0 Å². The summed E-state index contributed by atoms with van der Waals surface area (Å²) in [5.74, 6) is 3.98. The summed E-state index contributed by atoms with van der Waals surface area (Å²) in [5, 5.41) is 1.43. The lowest BCUT2D eigenvalue weighted by Crippen LogP contribution is -2.07. The van der Waals surface area contributed by atoms with Gasteiger partial charge in [-0.15, -0.1) is 11.3 Å². The largest absolute Gasteiger partial charge is 0.206 e. The van der Waals surface area contributed by atoms with Crippen LogP contribution in [0, 0.1) is 0 Å². The summed E-state index contributed by atoms with van der Waals surface area (Å²) < 4.78 is 3.10. The predicted molar refractivity (Wildman–Crippen MR) is 79.3 cm³/mol. The second-order valence-electron chi connectivity index (χ2n) is 4.01. The molecule has 0 aliphatic heterocycles. The van der Waals surface area contributed by atoms with Crippen LogP contribution in [0.15, 0.2) is 34.5 Å². The molecule has 1 aromatic heterocycles. The van der Waals surface area contributed by atoms with E-state index >= 15 is 0 Å². The van der Waals surface area contributed by atoms with E-state index in [9.17, 15) is 0 Å². The van der Waals surface area contributed by atoms with Crippen LogP contribution in [0.3, 0.4) is 0 Å². The molecule has 1 aromatic carbocycles. The van der Waals surface area contributed by atoms with Crippen LogP contribution < -0.4 is 0 Å². The Kier molecular flexibility index (Phi) is 3.60. The molecule has 2 heteroatoms. The average molecular weight is 252 g/mol. The van der Waals surface area contributed by atoms with E-state index in [1.54, 1.807) is 4.21 Å². The molecule has 0 N–H and O–H groups in total. The van der Waals surface area contributed by atoms with Gasteiger partial charge in [-0.1, -0.05) is 39.0 Å². The van der Waals surface area contributed by atoms with Gasteiger partial charge in [0.1, 0.15) is 0 Å². The van der Waals surface area contributed by atoms with Crippen molar-refractivity contribution in [3.05, 3.63) is 30.3 Å². The highest BCUT2D eigenvalue weighted by Gasteiger charge is 2.22. The number of rotatable bonds is 4. The highest BCUT2D eigenvalue weighted by Crippen LogP contribution is 2.58. The Balaban J connectivity index is 2.53. The van der Waals surface area contributed by atoms with Crippen LogP contribution in [-0.2, 0) is 0 Å². The summed E-state index contributed by atoms with van der Waals surface area (Å²) >= 11 is 2.01. The fraction of sp³-hybridized carbons (Fsp3) is 0.429. The molecule has 0 saturated carbocycles. The molecule has 16 heavy (non-hydrogen) atoms. The van der Waals surface area contributed by atoms with Gasteiger partial charge in [-0.3, -0.25) is 0 Å². The highest BCUT2D eigenvalue weighted by atomic mass is 32.3. The minimum Gasteiger partial charge on any atom is -0.206 e. The van der Waals surface area contributed by atoms with Crippen molar-refractivity contribution in [1.82, 2.24) is 0 Å². The topological polar surface area (TPSA) is 0 Å². The van der Waals surface area contributed by atoms with Crippen molar-refractivity contribution in [2.24, 2.45) is 0 Å². The Morgan fingerprint density at radius 2 is 1.62 bits per heavy atom. The number of thiophene rings is 1. The van der Waals surface area contributed by atoms with Crippen molar-refractivity contribution >= 4 is 31.5 Å². The van der Waals surface area contributed by atoms with Gasteiger partial charge in [0.2, 0.25) is 0 Å². The first-order valence-electron chi connectivity index (χ1n) is 6.00. The molecule has 0 atom stereocenters. The molecule has 0 radical (unpaired) electrons. The monoisotopic (exact) mass is 252 g/mol. The summed E-state index contributed by atoms with van der Waals surface area (Å²) in [7, 11) is -0.532. The number of fused-ring (bicyclic) bond motifs is 1. The van der Waals surface area contributed by atoms with Crippen molar-refractivity contribution < 1.29 is 0 Å². The maximum Gasteiger partial charge on any atom is 0.0441 e. The molecule has 0 aliphatic rings. The maximum atomic E-state index is 2.44. The summed E-state index contributed by atoms with van der Waals surface area (Å²) in [4.78, 5) is 0. The quantitative estimate of drug-likeness (QED) is 0.708. The van der Waals surface area contributed by atoms with Crippen LogP contribution >= 0.6 is 21.4 Å². The van der Waals surface area contributed by atoms with E-state index in [0.717, 1.165) is 0 Å². The van der Waals surface area contributed by atoms with Gasteiger partial charge in [-0.05, 0) is 34.8 Å². The first kappa shape index (κ1) is 12.0. The molecule has 0 saturated heterocycles. The van der Waals surface area contributed by atoms with Crippen LogP contribution in [0.4, 0.5) is 0 Å². The van der Waals surface area contributed by atoms with Crippen LogP contribution in [0.1, 0.15) is 20.8 Å². The Labute approximate surface area is 104 Å². The average Bonchev–Trinajstić information content (AvgIpc) is 2.76. The van der Waals surface area contributed by atoms with Crippen molar-refractivity contribution in [1.29, 1.82) is 0 Å². The Bertz CT molecular complexity index is 425. The summed E-state index contributed by atoms with van der Waals surface area (Å²) in [5.41, 5.74) is 0. The van der Waals surface area contributed by atoms with Crippen molar-refractivity contribution in [3.63, 3.8) is 0 Å². The summed E-state index contributed by atoms with van der Waals surface area (Å²) in [6.45, 7) is 7.06. The minimum absolute atomic E-state index is 0.532. The fourth-order valence-electron chi connectivity index (χ4n) is 2.21. The predicted octanol–water partition coefficient (Wildman–Crippen LogP) is 5.12. The molecule has 0 aliphatic carbocycles. The van der Waals surface area contributed by atoms with Crippen LogP contribution in [-0.4, -0.2) is 17.3 Å². The van der Waals surface area contributed by atoms with E-state index in [0.29, 0.717) is 0 Å². The molecule has 2 rings (SSSR count). The third-order valence-corrected chi connectivity index (χ3v) is 10.00. The summed E-state index contributed by atoms with van der Waals surface area (Å²) in [6, 6.07) is 11.2. The van der Waals surface area contributed by atoms with Crippen molar-refractivity contribution in [2.75, 3.05) is 17.3 Å². The summed E-state index contributed by atoms with van der Waals surface area (Å²) in [6.07, 6.45) is 0. The second-order valence-corrected chi connectivity index (χ2v) is 9.62. The smallest absolute Gasteiger partial charge is 0.0441 e. The Hall–Kier alpha value is -0.470. The normalized spacial score (nSPS) is 13.2. The first-order valence-corrected chi connectivity index (χ1v) is 8.96. The lowest BCUT2D eigenvalue weighted by molar-refractivity contribution is 1.32. The zero-order valence-corrected chi connectivity index (χ0v) is 12.0. The number of hydrogen-bond donors (Lipinski definition) is 0. The molecule has 1 heterocycles. The Morgan fingerprint density at radius 3 is 2.19 bits per heavy atom. The van der Waals surface area contributed by atoms with Gasteiger partial charge >= 0.3 is 0 Å². The molecule has 0 spiro atoms. The van der Waals surface area contributed by atoms with E-state index in [1.165, 1.54) is 27.3 Å². The Morgan fingerprint density at radius 1 is 1.00 bits per heavy atom. The third-order valence-electron chi connectivity index (χ3n) is 3.49. The van der Waals surface area contributed by atoms with E-state index in [2.05, 4.69) is 51.1 Å². The van der Waals surface area contributed by atoms with E-state index in [4.69, 9.17) is 0 Å². The van der Waals surface area contributed by atoms with Gasteiger partial charge in [0.15, 0.2) is 0 Å². The van der Waals surface area contributed by atoms with Gasteiger partial charge in [0.05, 0.1) is 0 Å². The number of hydrogen-bond acceptors (Lipinski definition) is 1. The molecule has 2 aromatic rings. The van der Waals surface area contributed by atoms with Crippen LogP contribution in [0.25, 0.3) is 10.1 Å². The highest BCUT2D eigenvalue weighted by molar-refractivity contribution is 8.34. The van der Waals surface area contributed by atoms with Gasteiger partial charge < -0.3 is 0 Å². The van der Waals surface area contributed by atoms with Gasteiger partial charge in [-0.2, -0.15) is 0 Å². The van der Waals surface area contributed by atoms with Crippen LogP contribution in [0.2, 0.25) is 0 Å². The first-order chi connectivity index (χ1) is 7.75. The second kappa shape index (κ2) is 4.80. The molecule has 0 nitrogen and oxygen atoms in total. The fourth-order valence-corrected chi connectivity index (χ4v) is 7.50. The molecule has 0 unspecified atom stereocenters. The molecule has 0 fully saturated rings. The third kappa shape index (κ3) is 1.89. The standard InChI is InChI=1S/C14H20S2/c1-4-16(5-2,6-3)14-11-12-9-7-8-10-13(12)15-14/h7-11H,4-6H2,1-3H3. The molecular weight excluding hydrogens is 232 g/mol. The molecule has 0 bridgehead atoms. The van der Waals surface area contributed by atoms with Gasteiger partial charge in [0.25, 0.3) is 0 Å². The van der Waals surface area contributed by atoms with E-state index in [1.807, 2.05) is 11.3 Å². The lowest BCUT2D eigenvalue weighted by Gasteiger charge is -2.36. The van der Waals surface area contributed by atoms with Gasteiger partial charge in [-0.25, -0.2) is 10.0 Å². The molecular formula is C14H20S2. The van der Waals surface area contributed by atoms with Crippen molar-refractivity contribution in [3.8, 4) is 0 Å². The van der Waals surface area contributed by atoms with Gasteiger partial charge in [0, 0.05) is 8.91 Å². The van der Waals surface area contributed by atoms with Crippen LogP contribution in [0.5, 0.6) is 0 Å². The minimum atomic E-state index is -0.532. The van der Waals surface area contributed by atoms with E-state index < -0.39 is 10.0 Å². The zero-order valence-electron chi connectivity index (χ0n) is 10.3. The SMILES string of the molecule is CCS(CC)(CC)c1cc2ccccc2s1. The zero-order chi connectivity index (χ0) is 11.6. The molecule has 88 valence electrons. The lowest BCUT2D eigenvalue weighted by atomic mass is 10.3. The molecule has 0 amide bonds.